The van der Waals surface area contributed by atoms with Gasteiger partial charge in [-0.15, -0.1) is 11.3 Å². The number of thiophene rings is 1. The second-order valence-corrected chi connectivity index (χ2v) is 10.6. The minimum atomic E-state index is -4.09. The summed E-state index contributed by atoms with van der Waals surface area (Å²) in [6, 6.07) is 1.81. The summed E-state index contributed by atoms with van der Waals surface area (Å²) in [6.45, 7) is -0.780. The first kappa shape index (κ1) is 16.7. The van der Waals surface area contributed by atoms with Gasteiger partial charge < -0.3 is 5.11 Å². The first-order valence-electron chi connectivity index (χ1n) is 5.81. The lowest BCUT2D eigenvalue weighted by atomic mass is 10.2. The molecule has 1 aromatic heterocycles. The van der Waals surface area contributed by atoms with Crippen molar-refractivity contribution in [1.29, 1.82) is 0 Å². The maximum Gasteiger partial charge on any atom is 0.318 e. The molecule has 2 rings (SSSR count). The van der Waals surface area contributed by atoms with Gasteiger partial charge in [-0.05, 0) is 18.6 Å². The molecule has 1 saturated heterocycles. The summed E-state index contributed by atoms with van der Waals surface area (Å²) < 4.78 is 48.9. The molecule has 0 amide bonds. The van der Waals surface area contributed by atoms with Crippen LogP contribution in [0, 0.1) is 0 Å². The molecule has 0 aliphatic carbocycles. The molecule has 118 valence electrons. The van der Waals surface area contributed by atoms with Gasteiger partial charge in [0.2, 0.25) is 0 Å². The van der Waals surface area contributed by atoms with Gasteiger partial charge in [-0.2, -0.15) is 4.31 Å². The second-order valence-electron chi connectivity index (χ2n) is 4.56. The SMILES string of the molecule is O=C(O)CN(C1CCS(=O)(=O)C1)S(=O)(=O)c1ccc(Cl)s1. The number of hydrogen-bond donors (Lipinski definition) is 1. The highest BCUT2D eigenvalue weighted by Gasteiger charge is 2.40. The van der Waals surface area contributed by atoms with Crippen molar-refractivity contribution < 1.29 is 26.7 Å². The molecule has 0 saturated carbocycles. The fourth-order valence-corrected chi connectivity index (χ4v) is 7.14. The number of nitrogens with zero attached hydrogens (tertiary/aromatic N) is 1. The maximum atomic E-state index is 12.5. The van der Waals surface area contributed by atoms with E-state index in [1.54, 1.807) is 0 Å². The van der Waals surface area contributed by atoms with Crippen LogP contribution in [0.25, 0.3) is 0 Å². The molecule has 1 unspecified atom stereocenters. The van der Waals surface area contributed by atoms with Gasteiger partial charge in [-0.3, -0.25) is 4.79 Å². The highest BCUT2D eigenvalue weighted by molar-refractivity contribution is 7.92. The van der Waals surface area contributed by atoms with Gasteiger partial charge in [0, 0.05) is 6.04 Å². The van der Waals surface area contributed by atoms with Gasteiger partial charge in [-0.1, -0.05) is 11.6 Å². The van der Waals surface area contributed by atoms with E-state index in [-0.39, 0.29) is 26.5 Å². The Bertz CT molecular complexity index is 754. The minimum absolute atomic E-state index is 0.0912. The smallest absolute Gasteiger partial charge is 0.318 e. The van der Waals surface area contributed by atoms with E-state index in [0.717, 1.165) is 15.6 Å². The van der Waals surface area contributed by atoms with Crippen LogP contribution >= 0.6 is 22.9 Å². The maximum absolute atomic E-state index is 12.5. The number of hydrogen-bond acceptors (Lipinski definition) is 6. The Morgan fingerprint density at radius 1 is 1.48 bits per heavy atom. The summed E-state index contributed by atoms with van der Waals surface area (Å²) in [6.07, 6.45) is 0.0912. The van der Waals surface area contributed by atoms with Crippen LogP contribution in [0.4, 0.5) is 0 Å². The zero-order chi connectivity index (χ0) is 15.8. The number of sulfonamides is 1. The van der Waals surface area contributed by atoms with E-state index < -0.39 is 38.4 Å². The summed E-state index contributed by atoms with van der Waals surface area (Å²) in [5, 5.41) is 8.91. The molecule has 0 bridgehead atoms. The third-order valence-corrected chi connectivity index (χ3v) is 8.37. The van der Waals surface area contributed by atoms with Gasteiger partial charge in [0.05, 0.1) is 15.8 Å². The monoisotopic (exact) mass is 373 g/mol. The zero-order valence-electron chi connectivity index (χ0n) is 10.6. The van der Waals surface area contributed by atoms with Gasteiger partial charge in [-0.25, -0.2) is 16.8 Å². The number of halogens is 1. The summed E-state index contributed by atoms with van der Waals surface area (Å²) in [7, 11) is -7.42. The molecule has 21 heavy (non-hydrogen) atoms. The molecule has 1 fully saturated rings. The number of sulfone groups is 1. The molecule has 1 aliphatic rings. The van der Waals surface area contributed by atoms with Crippen molar-refractivity contribution in [1.82, 2.24) is 4.31 Å². The van der Waals surface area contributed by atoms with Crippen LogP contribution < -0.4 is 0 Å². The molecular weight excluding hydrogens is 362 g/mol. The lowest BCUT2D eigenvalue weighted by Gasteiger charge is -2.24. The van der Waals surface area contributed by atoms with Crippen molar-refractivity contribution in [2.24, 2.45) is 0 Å². The van der Waals surface area contributed by atoms with E-state index in [4.69, 9.17) is 16.7 Å². The zero-order valence-corrected chi connectivity index (χ0v) is 13.8. The Balaban J connectivity index is 2.38. The van der Waals surface area contributed by atoms with Crippen LogP contribution in [-0.2, 0) is 24.7 Å². The normalized spacial score (nSPS) is 21.7. The largest absolute Gasteiger partial charge is 0.480 e. The second kappa shape index (κ2) is 5.84. The molecule has 1 aliphatic heterocycles. The van der Waals surface area contributed by atoms with Gasteiger partial charge in [0.1, 0.15) is 10.8 Å². The van der Waals surface area contributed by atoms with E-state index in [9.17, 15) is 21.6 Å². The van der Waals surface area contributed by atoms with Crippen molar-refractivity contribution >= 4 is 48.8 Å². The van der Waals surface area contributed by atoms with E-state index in [1.165, 1.54) is 12.1 Å². The number of carbonyl (C=O) groups is 1. The Hall–Kier alpha value is -0.680. The molecule has 1 atom stereocenters. The van der Waals surface area contributed by atoms with Crippen molar-refractivity contribution in [3.8, 4) is 0 Å². The average molecular weight is 374 g/mol. The van der Waals surface area contributed by atoms with Crippen LogP contribution in [-0.4, -0.2) is 56.3 Å². The lowest BCUT2D eigenvalue weighted by molar-refractivity contribution is -0.137. The highest BCUT2D eigenvalue weighted by Crippen LogP contribution is 2.31. The first-order valence-corrected chi connectivity index (χ1v) is 10.3. The van der Waals surface area contributed by atoms with E-state index in [2.05, 4.69) is 0 Å². The number of aliphatic carboxylic acids is 1. The summed E-state index contributed by atoms with van der Waals surface area (Å²) in [5.41, 5.74) is 0. The van der Waals surface area contributed by atoms with Crippen LogP contribution in [0.2, 0.25) is 4.34 Å². The van der Waals surface area contributed by atoms with Crippen LogP contribution in [0.3, 0.4) is 0 Å². The molecule has 11 heteroatoms. The van der Waals surface area contributed by atoms with E-state index in [0.29, 0.717) is 0 Å². The molecule has 7 nitrogen and oxygen atoms in total. The number of rotatable bonds is 5. The Kier molecular flexibility index (Phi) is 4.64. The van der Waals surface area contributed by atoms with Crippen LogP contribution in [0.1, 0.15) is 6.42 Å². The standard InChI is InChI=1S/C10H12ClNO6S3/c11-8-1-2-10(19-8)21(17,18)12(5-9(13)14)7-3-4-20(15,16)6-7/h1-2,7H,3-6H2,(H,13,14). The highest BCUT2D eigenvalue weighted by atomic mass is 35.5. The van der Waals surface area contributed by atoms with E-state index >= 15 is 0 Å². The fourth-order valence-electron chi connectivity index (χ4n) is 2.10. The molecule has 1 N–H and O–H groups in total. The predicted molar refractivity (Wildman–Crippen MR) is 77.9 cm³/mol. The van der Waals surface area contributed by atoms with Gasteiger partial charge >= 0.3 is 5.97 Å². The predicted octanol–water partition coefficient (Wildman–Crippen LogP) is 0.664. The third-order valence-electron chi connectivity index (χ3n) is 3.02. The van der Waals surface area contributed by atoms with Crippen molar-refractivity contribution in [2.45, 2.75) is 16.7 Å². The quantitative estimate of drug-likeness (QED) is 0.812. The van der Waals surface area contributed by atoms with Gasteiger partial charge in [0.15, 0.2) is 9.84 Å². The van der Waals surface area contributed by atoms with Crippen molar-refractivity contribution in [2.75, 3.05) is 18.1 Å². The molecule has 2 heterocycles. The van der Waals surface area contributed by atoms with Crippen LogP contribution in [0.5, 0.6) is 0 Å². The van der Waals surface area contributed by atoms with Gasteiger partial charge in [0.25, 0.3) is 10.0 Å². The average Bonchev–Trinajstić information content (AvgIpc) is 2.92. The Morgan fingerprint density at radius 3 is 2.57 bits per heavy atom. The molecule has 1 aromatic rings. The lowest BCUT2D eigenvalue weighted by Crippen LogP contribution is -2.43. The molecule has 0 spiro atoms. The Labute approximate surface area is 131 Å². The molecule has 0 aromatic carbocycles. The summed E-state index contributed by atoms with van der Waals surface area (Å²) in [5.74, 6) is -1.85. The fraction of sp³-hybridized carbons (Fsp3) is 0.500. The first-order chi connectivity index (χ1) is 9.62. The van der Waals surface area contributed by atoms with Crippen molar-refractivity contribution in [3.05, 3.63) is 16.5 Å². The summed E-state index contributed by atoms with van der Waals surface area (Å²) >= 11 is 6.51. The minimum Gasteiger partial charge on any atom is -0.480 e. The third kappa shape index (κ3) is 3.75. The molecule has 0 radical (unpaired) electrons. The van der Waals surface area contributed by atoms with Crippen molar-refractivity contribution in [3.63, 3.8) is 0 Å². The Morgan fingerprint density at radius 2 is 2.14 bits per heavy atom. The number of carboxylic acid groups (broad SMARTS) is 1. The van der Waals surface area contributed by atoms with E-state index in [1.807, 2.05) is 0 Å². The molecular formula is C10H12ClNO6S3. The van der Waals surface area contributed by atoms with Crippen LogP contribution in [0.15, 0.2) is 16.3 Å². The topological polar surface area (TPSA) is 109 Å². The summed E-state index contributed by atoms with van der Waals surface area (Å²) in [4.78, 5) is 10.9. The number of carboxylic acids is 1.